The Morgan fingerprint density at radius 3 is 0.756 bits per heavy atom. The highest BCUT2D eigenvalue weighted by Gasteiger charge is 2.19. The molecule has 0 aliphatic rings. The van der Waals surface area contributed by atoms with Gasteiger partial charge < -0.3 is 14.2 Å². The molecule has 6 heteroatoms. The van der Waals surface area contributed by atoms with Crippen LogP contribution in [0.15, 0.2) is 97.2 Å². The zero-order valence-electron chi connectivity index (χ0n) is 54.2. The van der Waals surface area contributed by atoms with Gasteiger partial charge in [0.1, 0.15) is 13.2 Å². The summed E-state index contributed by atoms with van der Waals surface area (Å²) in [7, 11) is 0. The van der Waals surface area contributed by atoms with Crippen molar-refractivity contribution in [2.75, 3.05) is 13.2 Å². The number of allylic oxidation sites excluding steroid dienone is 16. The molecule has 0 aromatic heterocycles. The highest BCUT2D eigenvalue weighted by atomic mass is 16.6. The lowest BCUT2D eigenvalue weighted by Gasteiger charge is -2.18. The average molecular weight is 1140 g/mol. The van der Waals surface area contributed by atoms with Gasteiger partial charge in [-0.1, -0.05) is 304 Å². The van der Waals surface area contributed by atoms with Crippen molar-refractivity contribution in [3.05, 3.63) is 97.2 Å². The predicted molar refractivity (Wildman–Crippen MR) is 357 cm³/mol. The minimum absolute atomic E-state index is 0.0789. The second-order valence-corrected chi connectivity index (χ2v) is 23.4. The number of rotatable bonds is 64. The number of hydrogen-bond donors (Lipinski definition) is 0. The summed E-state index contributed by atoms with van der Waals surface area (Å²) in [5.74, 6) is -0.877. The van der Waals surface area contributed by atoms with Crippen molar-refractivity contribution in [1.29, 1.82) is 0 Å². The first-order chi connectivity index (χ1) is 40.5. The molecule has 1 unspecified atom stereocenters. The van der Waals surface area contributed by atoms with Crippen LogP contribution in [0.5, 0.6) is 0 Å². The van der Waals surface area contributed by atoms with E-state index in [4.69, 9.17) is 14.2 Å². The minimum atomic E-state index is -0.783. The van der Waals surface area contributed by atoms with Gasteiger partial charge >= 0.3 is 17.9 Å². The largest absolute Gasteiger partial charge is 0.462 e. The molecule has 0 aliphatic heterocycles. The van der Waals surface area contributed by atoms with Crippen molar-refractivity contribution in [2.24, 2.45) is 0 Å². The van der Waals surface area contributed by atoms with Crippen LogP contribution >= 0.6 is 0 Å². The van der Waals surface area contributed by atoms with Gasteiger partial charge in [0.25, 0.3) is 0 Å². The Morgan fingerprint density at radius 1 is 0.256 bits per heavy atom. The van der Waals surface area contributed by atoms with Crippen LogP contribution in [0.3, 0.4) is 0 Å². The molecule has 0 fully saturated rings. The van der Waals surface area contributed by atoms with Crippen LogP contribution < -0.4 is 0 Å². The lowest BCUT2D eigenvalue weighted by Crippen LogP contribution is -2.30. The molecule has 1 atom stereocenters. The highest BCUT2D eigenvalue weighted by Crippen LogP contribution is 2.17. The van der Waals surface area contributed by atoms with Gasteiger partial charge in [-0.15, -0.1) is 0 Å². The maximum atomic E-state index is 12.9. The Labute approximate surface area is 508 Å². The monoisotopic (exact) mass is 1140 g/mol. The van der Waals surface area contributed by atoms with E-state index in [1.54, 1.807) is 0 Å². The van der Waals surface area contributed by atoms with Crippen molar-refractivity contribution < 1.29 is 28.6 Å². The zero-order chi connectivity index (χ0) is 59.2. The van der Waals surface area contributed by atoms with Crippen LogP contribution in [0.25, 0.3) is 0 Å². The van der Waals surface area contributed by atoms with Crippen molar-refractivity contribution in [1.82, 2.24) is 0 Å². The number of esters is 3. The van der Waals surface area contributed by atoms with Crippen LogP contribution in [0, 0.1) is 0 Å². The second-order valence-electron chi connectivity index (χ2n) is 23.4. The van der Waals surface area contributed by atoms with Crippen LogP contribution in [0.1, 0.15) is 348 Å². The third-order valence-corrected chi connectivity index (χ3v) is 15.3. The minimum Gasteiger partial charge on any atom is -0.462 e. The van der Waals surface area contributed by atoms with Gasteiger partial charge in [0.2, 0.25) is 0 Å². The average Bonchev–Trinajstić information content (AvgIpc) is 3.47. The van der Waals surface area contributed by atoms with E-state index in [1.165, 1.54) is 205 Å². The van der Waals surface area contributed by atoms with Gasteiger partial charge in [0, 0.05) is 19.3 Å². The quantitative estimate of drug-likeness (QED) is 0.0261. The standard InChI is InChI=1S/C76H132O6/c1-4-7-10-13-16-19-22-25-28-30-31-32-33-34-35-36-37-38-39-40-41-42-43-44-45-47-48-51-54-57-60-63-66-69-75(78)81-72-73(71-80-74(77)68-65-62-59-56-53-50-27-24-21-18-15-12-9-6-3)82-76(79)70-67-64-61-58-55-52-49-46-29-26-23-20-17-14-11-8-5-2/h7,10,16,19,24-29,31-32,34-35,37-38,73H,4-6,8-9,11-15,17-18,20-23,30,33,36,39-72H2,1-3H3/b10-7-,19-16-,27-24-,28-25-,29-26-,32-31-,35-34-,38-37-. The second kappa shape index (κ2) is 69.8. The zero-order valence-corrected chi connectivity index (χ0v) is 54.2. The molecule has 0 amide bonds. The van der Waals surface area contributed by atoms with E-state index in [-0.39, 0.29) is 31.1 Å². The summed E-state index contributed by atoms with van der Waals surface area (Å²) >= 11 is 0. The van der Waals surface area contributed by atoms with E-state index in [0.717, 1.165) is 103 Å². The first kappa shape index (κ1) is 78.3. The number of hydrogen-bond acceptors (Lipinski definition) is 6. The SMILES string of the molecule is CC/C=C\C/C=C\C/C=C\C/C=C\C/C=C\C/C=C\CCCCCCCCCCCCCCCCC(=O)OCC(COC(=O)CCCCCCC/C=C\CCCCCCC)OC(=O)CCCCCCCCC/C=C\CCCCCCCC. The van der Waals surface area contributed by atoms with Crippen LogP contribution in [0.4, 0.5) is 0 Å². The Morgan fingerprint density at radius 2 is 0.476 bits per heavy atom. The Hall–Kier alpha value is -3.67. The van der Waals surface area contributed by atoms with Crippen molar-refractivity contribution in [2.45, 2.75) is 354 Å². The number of unbranched alkanes of at least 4 members (excludes halogenated alkanes) is 37. The molecule has 82 heavy (non-hydrogen) atoms. The van der Waals surface area contributed by atoms with Crippen LogP contribution in [-0.4, -0.2) is 37.2 Å². The van der Waals surface area contributed by atoms with Gasteiger partial charge in [-0.25, -0.2) is 0 Å². The van der Waals surface area contributed by atoms with Crippen molar-refractivity contribution >= 4 is 17.9 Å². The molecular formula is C76H132O6. The van der Waals surface area contributed by atoms with Gasteiger partial charge in [0.05, 0.1) is 0 Å². The molecule has 0 aromatic carbocycles. The third-order valence-electron chi connectivity index (χ3n) is 15.3. The summed E-state index contributed by atoms with van der Waals surface area (Å²) < 4.78 is 17.0. The third kappa shape index (κ3) is 67.1. The summed E-state index contributed by atoms with van der Waals surface area (Å²) in [6.07, 6.45) is 94.3. The molecule has 0 aliphatic carbocycles. The molecule has 6 nitrogen and oxygen atoms in total. The van der Waals surface area contributed by atoms with Crippen molar-refractivity contribution in [3.63, 3.8) is 0 Å². The summed E-state index contributed by atoms with van der Waals surface area (Å²) in [5, 5.41) is 0. The van der Waals surface area contributed by atoms with Crippen LogP contribution in [0.2, 0.25) is 0 Å². The molecule has 0 saturated heterocycles. The van der Waals surface area contributed by atoms with E-state index in [1.807, 2.05) is 0 Å². The van der Waals surface area contributed by atoms with Gasteiger partial charge in [-0.2, -0.15) is 0 Å². The summed E-state index contributed by atoms with van der Waals surface area (Å²) in [6.45, 7) is 6.54. The lowest BCUT2D eigenvalue weighted by molar-refractivity contribution is -0.167. The van der Waals surface area contributed by atoms with E-state index in [2.05, 4.69) is 118 Å². The molecule has 0 aromatic rings. The Bertz CT molecular complexity index is 1590. The molecule has 0 rings (SSSR count). The fourth-order valence-corrected chi connectivity index (χ4v) is 10.0. The van der Waals surface area contributed by atoms with E-state index >= 15 is 0 Å². The van der Waals surface area contributed by atoms with E-state index < -0.39 is 6.10 Å². The van der Waals surface area contributed by atoms with E-state index in [0.29, 0.717) is 19.3 Å². The molecule has 0 heterocycles. The smallest absolute Gasteiger partial charge is 0.306 e. The molecule has 0 bridgehead atoms. The van der Waals surface area contributed by atoms with Gasteiger partial charge in [-0.05, 0) is 122 Å². The Balaban J connectivity index is 4.22. The normalized spacial score (nSPS) is 12.7. The maximum Gasteiger partial charge on any atom is 0.306 e. The fraction of sp³-hybridized carbons (Fsp3) is 0.750. The molecule has 0 N–H and O–H groups in total. The summed E-state index contributed by atoms with van der Waals surface area (Å²) in [4.78, 5) is 38.4. The molecule has 0 spiro atoms. The predicted octanol–water partition coefficient (Wildman–Crippen LogP) is 24.4. The van der Waals surface area contributed by atoms with Gasteiger partial charge in [0.15, 0.2) is 6.10 Å². The van der Waals surface area contributed by atoms with E-state index in [9.17, 15) is 14.4 Å². The number of ether oxygens (including phenoxy) is 3. The molecule has 0 saturated carbocycles. The molecule has 472 valence electrons. The van der Waals surface area contributed by atoms with Gasteiger partial charge in [-0.3, -0.25) is 14.4 Å². The topological polar surface area (TPSA) is 78.9 Å². The maximum absolute atomic E-state index is 12.9. The Kier molecular flexibility index (Phi) is 66.7. The summed E-state index contributed by atoms with van der Waals surface area (Å²) in [6, 6.07) is 0. The highest BCUT2D eigenvalue weighted by molar-refractivity contribution is 5.71. The number of carbonyl (C=O) groups excluding carboxylic acids is 3. The first-order valence-corrected chi connectivity index (χ1v) is 35.2. The molecule has 0 radical (unpaired) electrons. The molecular weight excluding hydrogens is 1010 g/mol. The van der Waals surface area contributed by atoms with Crippen LogP contribution in [-0.2, 0) is 28.6 Å². The van der Waals surface area contributed by atoms with Crippen molar-refractivity contribution in [3.8, 4) is 0 Å². The summed E-state index contributed by atoms with van der Waals surface area (Å²) in [5.41, 5.74) is 0. The first-order valence-electron chi connectivity index (χ1n) is 35.2. The number of carbonyl (C=O) groups is 3. The lowest BCUT2D eigenvalue weighted by atomic mass is 10.0. The fourth-order valence-electron chi connectivity index (χ4n) is 10.0.